The molecular weight excluding hydrogens is 292 g/mol. The van der Waals surface area contributed by atoms with Gasteiger partial charge in [0.2, 0.25) is 5.91 Å². The molecule has 21 heavy (non-hydrogen) atoms. The average Bonchev–Trinajstić information content (AvgIpc) is 2.44. The Labute approximate surface area is 129 Å². The molecule has 1 saturated heterocycles. The Hall–Kier alpha value is -1.59. The summed E-state index contributed by atoms with van der Waals surface area (Å²) >= 11 is 5.77. The second kappa shape index (κ2) is 6.91. The number of benzene rings is 1. The van der Waals surface area contributed by atoms with E-state index in [0.717, 1.165) is 0 Å². The van der Waals surface area contributed by atoms with Crippen LogP contribution in [0.5, 0.6) is 0 Å². The van der Waals surface area contributed by atoms with Crippen molar-refractivity contribution in [3.05, 3.63) is 34.9 Å². The van der Waals surface area contributed by atoms with Gasteiger partial charge in [0.25, 0.3) is 5.91 Å². The topological polar surface area (TPSA) is 58.6 Å². The summed E-state index contributed by atoms with van der Waals surface area (Å²) in [5, 5.41) is 3.20. The first-order valence-electron chi connectivity index (χ1n) is 6.92. The predicted octanol–water partition coefficient (Wildman–Crippen LogP) is 1.71. The molecule has 0 spiro atoms. The van der Waals surface area contributed by atoms with Crippen molar-refractivity contribution >= 4 is 23.4 Å². The predicted molar refractivity (Wildman–Crippen MR) is 80.4 cm³/mol. The Morgan fingerprint density at radius 3 is 2.38 bits per heavy atom. The number of hydrogen-bond donors (Lipinski definition) is 1. The van der Waals surface area contributed by atoms with Gasteiger partial charge in [-0.25, -0.2) is 0 Å². The van der Waals surface area contributed by atoms with Crippen LogP contribution in [0.25, 0.3) is 0 Å². The van der Waals surface area contributed by atoms with Gasteiger partial charge in [0.05, 0.1) is 18.8 Å². The highest BCUT2D eigenvalue weighted by Crippen LogP contribution is 2.11. The highest BCUT2D eigenvalue weighted by molar-refractivity contribution is 6.30. The smallest absolute Gasteiger partial charge is 0.251 e. The minimum atomic E-state index is -0.283. The summed E-state index contributed by atoms with van der Waals surface area (Å²) in [5.41, 5.74) is 0.482. The van der Waals surface area contributed by atoms with Gasteiger partial charge in [-0.15, -0.1) is 0 Å². The van der Waals surface area contributed by atoms with E-state index in [4.69, 9.17) is 16.3 Å². The largest absolute Gasteiger partial charge is 0.372 e. The van der Waals surface area contributed by atoms with E-state index >= 15 is 0 Å². The first-order valence-corrected chi connectivity index (χ1v) is 7.30. The van der Waals surface area contributed by atoms with Crippen molar-refractivity contribution in [2.45, 2.75) is 26.1 Å². The molecule has 1 aliphatic rings. The highest BCUT2D eigenvalue weighted by atomic mass is 35.5. The Kier molecular flexibility index (Phi) is 5.20. The van der Waals surface area contributed by atoms with Crippen molar-refractivity contribution in [1.82, 2.24) is 10.2 Å². The molecule has 0 bridgehead atoms. The molecule has 1 aliphatic heterocycles. The zero-order valence-corrected chi connectivity index (χ0v) is 12.9. The number of carbonyl (C=O) groups excluding carboxylic acids is 2. The summed E-state index contributed by atoms with van der Waals surface area (Å²) in [6.45, 7) is 4.96. The summed E-state index contributed by atoms with van der Waals surface area (Å²) in [6.07, 6.45) is 0.0364. The van der Waals surface area contributed by atoms with Crippen LogP contribution in [0.15, 0.2) is 24.3 Å². The minimum Gasteiger partial charge on any atom is -0.372 e. The Morgan fingerprint density at radius 2 is 1.81 bits per heavy atom. The molecule has 5 nitrogen and oxygen atoms in total. The minimum absolute atomic E-state index is 0.0130. The fraction of sp³-hybridized carbons (Fsp3) is 0.467. The van der Waals surface area contributed by atoms with Gasteiger partial charge in [-0.05, 0) is 38.1 Å². The van der Waals surface area contributed by atoms with E-state index in [-0.39, 0.29) is 30.6 Å². The van der Waals surface area contributed by atoms with Crippen molar-refractivity contribution < 1.29 is 14.3 Å². The zero-order chi connectivity index (χ0) is 15.4. The van der Waals surface area contributed by atoms with Crippen LogP contribution in [-0.2, 0) is 9.53 Å². The number of morpholine rings is 1. The van der Waals surface area contributed by atoms with Crippen LogP contribution in [0.2, 0.25) is 5.02 Å². The van der Waals surface area contributed by atoms with Gasteiger partial charge in [0.1, 0.15) is 0 Å². The molecule has 0 radical (unpaired) electrons. The van der Waals surface area contributed by atoms with Gasteiger partial charge < -0.3 is 15.0 Å². The molecule has 0 aliphatic carbocycles. The van der Waals surface area contributed by atoms with Gasteiger partial charge in [-0.3, -0.25) is 9.59 Å². The van der Waals surface area contributed by atoms with E-state index in [1.54, 1.807) is 29.2 Å². The summed E-state index contributed by atoms with van der Waals surface area (Å²) in [5.74, 6) is -0.381. The van der Waals surface area contributed by atoms with Crippen LogP contribution in [0, 0.1) is 0 Å². The molecule has 114 valence electrons. The Balaban J connectivity index is 1.86. The van der Waals surface area contributed by atoms with Crippen LogP contribution in [0.1, 0.15) is 24.2 Å². The van der Waals surface area contributed by atoms with Gasteiger partial charge >= 0.3 is 0 Å². The third kappa shape index (κ3) is 4.44. The normalized spacial score (nSPS) is 22.0. The maximum absolute atomic E-state index is 12.1. The molecule has 0 unspecified atom stereocenters. The second-order valence-electron chi connectivity index (χ2n) is 5.25. The summed E-state index contributed by atoms with van der Waals surface area (Å²) < 4.78 is 5.58. The number of halogens is 1. The summed E-state index contributed by atoms with van der Waals surface area (Å²) in [4.78, 5) is 25.8. The molecule has 1 N–H and O–H groups in total. The van der Waals surface area contributed by atoms with Gasteiger partial charge in [0, 0.05) is 23.7 Å². The van der Waals surface area contributed by atoms with E-state index in [1.807, 2.05) is 13.8 Å². The maximum Gasteiger partial charge on any atom is 0.251 e. The lowest BCUT2D eigenvalue weighted by Crippen LogP contribution is -2.51. The first kappa shape index (κ1) is 15.8. The molecule has 0 aromatic heterocycles. The fourth-order valence-corrected chi connectivity index (χ4v) is 2.48. The Morgan fingerprint density at radius 1 is 1.24 bits per heavy atom. The lowest BCUT2D eigenvalue weighted by Gasteiger charge is -2.35. The standard InChI is InChI=1S/C15H19ClN2O3/c1-10-8-18(9-11(2)21-10)14(19)7-17-15(20)12-3-5-13(16)6-4-12/h3-6,10-11H,7-9H2,1-2H3,(H,17,20)/t10-,11-/m1/s1. The molecule has 1 fully saturated rings. The first-order chi connectivity index (χ1) is 9.95. The number of nitrogens with one attached hydrogen (secondary N) is 1. The van der Waals surface area contributed by atoms with Gasteiger partial charge in [-0.1, -0.05) is 11.6 Å². The number of carbonyl (C=O) groups is 2. The lowest BCUT2D eigenvalue weighted by molar-refractivity contribution is -0.142. The third-order valence-corrected chi connectivity index (χ3v) is 3.53. The third-order valence-electron chi connectivity index (χ3n) is 3.28. The van der Waals surface area contributed by atoms with E-state index in [0.29, 0.717) is 23.7 Å². The van der Waals surface area contributed by atoms with Crippen LogP contribution in [0.4, 0.5) is 0 Å². The van der Waals surface area contributed by atoms with Gasteiger partial charge in [-0.2, -0.15) is 0 Å². The number of rotatable bonds is 3. The SMILES string of the molecule is C[C@@H]1CN(C(=O)CNC(=O)c2ccc(Cl)cc2)C[C@@H](C)O1. The molecule has 1 aromatic rings. The number of amides is 2. The van der Waals surface area contributed by atoms with Crippen LogP contribution in [-0.4, -0.2) is 48.6 Å². The van der Waals surface area contributed by atoms with E-state index < -0.39 is 0 Å². The molecule has 1 heterocycles. The average molecular weight is 311 g/mol. The Bertz CT molecular complexity index is 508. The van der Waals surface area contributed by atoms with Crippen LogP contribution >= 0.6 is 11.6 Å². The van der Waals surface area contributed by atoms with Crippen molar-refractivity contribution in [3.63, 3.8) is 0 Å². The lowest BCUT2D eigenvalue weighted by atomic mass is 10.2. The van der Waals surface area contributed by atoms with E-state index in [2.05, 4.69) is 5.32 Å². The van der Waals surface area contributed by atoms with Crippen LogP contribution in [0.3, 0.4) is 0 Å². The maximum atomic E-state index is 12.1. The van der Waals surface area contributed by atoms with E-state index in [1.165, 1.54) is 0 Å². The molecule has 2 rings (SSSR count). The second-order valence-corrected chi connectivity index (χ2v) is 5.68. The highest BCUT2D eigenvalue weighted by Gasteiger charge is 2.25. The number of ether oxygens (including phenoxy) is 1. The molecule has 2 amide bonds. The molecule has 2 atom stereocenters. The molecule has 0 saturated carbocycles. The number of hydrogen-bond acceptors (Lipinski definition) is 3. The quantitative estimate of drug-likeness (QED) is 0.924. The van der Waals surface area contributed by atoms with E-state index in [9.17, 15) is 9.59 Å². The van der Waals surface area contributed by atoms with Gasteiger partial charge in [0.15, 0.2) is 0 Å². The summed E-state index contributed by atoms with van der Waals surface area (Å²) in [7, 11) is 0. The van der Waals surface area contributed by atoms with Crippen molar-refractivity contribution in [2.75, 3.05) is 19.6 Å². The summed E-state index contributed by atoms with van der Waals surface area (Å²) in [6, 6.07) is 6.54. The molecular formula is C15H19ClN2O3. The van der Waals surface area contributed by atoms with Crippen molar-refractivity contribution in [3.8, 4) is 0 Å². The number of nitrogens with zero attached hydrogens (tertiary/aromatic N) is 1. The molecule has 6 heteroatoms. The van der Waals surface area contributed by atoms with Crippen LogP contribution < -0.4 is 5.32 Å². The zero-order valence-electron chi connectivity index (χ0n) is 12.1. The molecule has 1 aromatic carbocycles. The van der Waals surface area contributed by atoms with Crippen molar-refractivity contribution in [2.24, 2.45) is 0 Å². The van der Waals surface area contributed by atoms with Crippen molar-refractivity contribution in [1.29, 1.82) is 0 Å². The fourth-order valence-electron chi connectivity index (χ4n) is 2.35. The monoisotopic (exact) mass is 310 g/mol.